The minimum absolute atomic E-state index is 0.0284. The van der Waals surface area contributed by atoms with Crippen molar-refractivity contribution in [3.05, 3.63) is 474 Å². The predicted molar refractivity (Wildman–Crippen MR) is 560 cm³/mol. The third-order valence-corrected chi connectivity index (χ3v) is 27.2. The number of aryl methyl sites for hydroxylation is 2. The maximum absolute atomic E-state index is 13.8. The summed E-state index contributed by atoms with van der Waals surface area (Å²) in [5.74, 6) is 0. The van der Waals surface area contributed by atoms with Gasteiger partial charge in [-0.2, -0.15) is 0 Å². The summed E-state index contributed by atoms with van der Waals surface area (Å²) >= 11 is 46.6. The van der Waals surface area contributed by atoms with Gasteiger partial charge in [-0.3, -0.25) is 74.5 Å². The Kier molecular flexibility index (Phi) is 33.1. The monoisotopic (exact) mass is 2070 g/mol. The molecule has 0 aliphatic carbocycles. The van der Waals surface area contributed by atoms with Crippen molar-refractivity contribution in [2.45, 2.75) is 81.9 Å². The molecule has 1 N–H and O–H groups in total. The molecule has 23 nitrogen and oxygen atoms in total. The summed E-state index contributed by atoms with van der Waals surface area (Å²) in [5.41, 5.74) is 9.28. The number of hydrogen-bond donors (Lipinski definition) is 1. The number of fused-ring (bicyclic) bond motifs is 1. The Labute approximate surface area is 841 Å². The van der Waals surface area contributed by atoms with Gasteiger partial charge in [-0.05, 0) is 181 Å². The summed E-state index contributed by atoms with van der Waals surface area (Å²) in [6, 6.07) is 86.4. The van der Waals surface area contributed by atoms with Crippen LogP contribution in [-0.4, -0.2) is 106 Å². The molecule has 0 amide bonds. The molecule has 0 saturated carbocycles. The number of hydrogen-bond acceptors (Lipinski definition) is 14. The molecule has 706 valence electrons. The maximum Gasteiger partial charge on any atom is 0.336 e. The Hall–Kier alpha value is -12.4. The van der Waals surface area contributed by atoms with Gasteiger partial charge in [0.25, 0.3) is 27.8 Å². The minimum atomic E-state index is -0.824. The normalized spacial score (nSPS) is 12.5. The maximum atomic E-state index is 13.8. The molecule has 11 aromatic carbocycles. The van der Waals surface area contributed by atoms with Crippen molar-refractivity contribution in [3.63, 3.8) is 0 Å². The molecule has 2 aliphatic heterocycles. The zero-order chi connectivity index (χ0) is 98.7. The van der Waals surface area contributed by atoms with E-state index in [1.54, 1.807) is 157 Å². The van der Waals surface area contributed by atoms with Crippen LogP contribution in [0.5, 0.6) is 0 Å². The van der Waals surface area contributed by atoms with E-state index in [-0.39, 0.29) is 65.5 Å². The molecule has 0 radical (unpaired) electrons. The van der Waals surface area contributed by atoms with Crippen molar-refractivity contribution in [1.82, 2.24) is 55.5 Å². The number of nitrogens with zero attached hydrogens (tertiary/aromatic N) is 12. The largest absolute Gasteiger partial charge is 0.390 e. The van der Waals surface area contributed by atoms with E-state index in [0.29, 0.717) is 82.3 Å². The number of aliphatic hydroxyl groups excluding tert-OH is 1. The predicted octanol–water partition coefficient (Wildman–Crippen LogP) is 19.0. The lowest BCUT2D eigenvalue weighted by Crippen LogP contribution is -2.49. The Morgan fingerprint density at radius 1 is 0.355 bits per heavy atom. The van der Waals surface area contributed by atoms with E-state index >= 15 is 0 Å². The summed E-state index contributed by atoms with van der Waals surface area (Å²) in [7, 11) is 7.01. The van der Waals surface area contributed by atoms with Gasteiger partial charge in [0.05, 0.1) is 93.5 Å². The highest BCUT2D eigenvalue weighted by atomic mass is 79.9. The first-order valence-corrected chi connectivity index (χ1v) is 47.9. The van der Waals surface area contributed by atoms with Crippen molar-refractivity contribution < 1.29 is 5.11 Å². The zero-order valence-electron chi connectivity index (χ0n) is 76.2. The average molecular weight is 2070 g/mol. The second kappa shape index (κ2) is 45.0. The van der Waals surface area contributed by atoms with Crippen LogP contribution in [0.1, 0.15) is 52.8 Å². The number of aromatic nitrogens is 10. The molecule has 32 heteroatoms. The van der Waals surface area contributed by atoms with E-state index in [1.165, 1.54) is 66.9 Å². The Morgan fingerprint density at radius 3 is 1.22 bits per heavy atom. The SMILES string of the molecule is Cc1ccc(-c2cc(=O)n(CC(O)CN3CCN(C)CC3)c(=O)n2-c2c(C)ccc3c2S3)cc1.Cn1c(-c2ccc(Br)cc2)cc(=O)n(Cc2ccc(Cl)cc2)c1=O.Cn1c(-c2ccc(Cl)c(Cl)c2)cc(=O)n(Cc2ccc(Cl)cc2)c1=O.Cn1c(-c2ccc(Cl)cc2)cc(=O)n(C(C)(C)c2ccc(Cl)cc2)c1=O.O=c1cc(-c2ccc(Cl)cc2)n(Cc2ccccc2)c(=O)n1Cc1ccccc1. The van der Waals surface area contributed by atoms with E-state index in [1.807, 2.05) is 167 Å². The van der Waals surface area contributed by atoms with Crippen LogP contribution in [0.3, 0.4) is 0 Å². The highest BCUT2D eigenvalue weighted by Crippen LogP contribution is 2.53. The first-order chi connectivity index (χ1) is 66.0. The van der Waals surface area contributed by atoms with Gasteiger partial charge in [-0.15, -0.1) is 0 Å². The highest BCUT2D eigenvalue weighted by Gasteiger charge is 2.31. The summed E-state index contributed by atoms with van der Waals surface area (Å²) < 4.78 is 14.7. The molecule has 1 saturated heterocycles. The number of piperazine rings is 1. The Balaban J connectivity index is 0.000000139. The molecule has 0 spiro atoms. The molecule has 2 aliphatic rings. The smallest absolute Gasteiger partial charge is 0.336 e. The van der Waals surface area contributed by atoms with Crippen LogP contribution < -0.4 is 56.2 Å². The average Bonchev–Trinajstić information content (AvgIpc) is 1.68. The van der Waals surface area contributed by atoms with Gasteiger partial charge in [-0.25, -0.2) is 24.0 Å². The molecular formula is C106H94BrCl7N12O11S. The first kappa shape index (κ1) is 101. The van der Waals surface area contributed by atoms with Gasteiger partial charge >= 0.3 is 28.4 Å². The summed E-state index contributed by atoms with van der Waals surface area (Å²) in [6.07, 6.45) is -0.807. The molecule has 18 rings (SSSR count). The van der Waals surface area contributed by atoms with Crippen LogP contribution in [0.2, 0.25) is 35.2 Å². The third-order valence-electron chi connectivity index (χ3n) is 23.7. The third kappa shape index (κ3) is 24.4. The zero-order valence-corrected chi connectivity index (χ0v) is 83.9. The summed E-state index contributed by atoms with van der Waals surface area (Å²) in [5, 5.41) is 14.6. The quantitative estimate of drug-likeness (QED) is 0.0697. The molecule has 1 fully saturated rings. The lowest BCUT2D eigenvalue weighted by Gasteiger charge is -2.33. The first-order valence-electron chi connectivity index (χ1n) is 43.7. The van der Waals surface area contributed by atoms with Gasteiger partial charge in [0.15, 0.2) is 0 Å². The number of halogens is 8. The second-order valence-electron chi connectivity index (χ2n) is 33.8. The van der Waals surface area contributed by atoms with Gasteiger partial charge in [-0.1, -0.05) is 284 Å². The standard InChI is InChI=1S/C26H30N4O3S.C24H19ClN2O2.C20H18Cl2N2O2.C18H14BrClN2O2.C18H13Cl3N2O2/c1-17-4-7-19(8-5-17)21-14-23(32)29(16-20(31)15-28-12-10-27(3)11-13-28)26(33)30(21)24-18(2)6-9-22-25(24)34-22;25-21-13-11-20(12-14-21)22-15-23(28)27(17-19-9-5-2-6-10-19)24(29)26(22)16-18-7-3-1-4-8-18;1-20(2,14-6-10-16(22)11-7-14)24-18(25)12-17(23(3)19(24)26)13-4-8-15(21)9-5-13;1-21-16(13-4-6-14(19)7-5-13)10-17(23)22(18(21)24)11-12-2-8-15(20)9-3-12;1-22-16(12-4-7-14(20)15(21)8-12)9-17(24)23(18(22)25)10-11-2-5-13(19)6-3-11/h4-9,14,20,31H,10-13,15-16H2,1-3H3;1-15H,16-17H2;4-12H,1-3H3;2-10H,11H2,1H3;2-9H,10H2,1H3. The molecule has 1 atom stereocenters. The number of rotatable bonds is 20. The van der Waals surface area contributed by atoms with Crippen molar-refractivity contribution in [1.29, 1.82) is 0 Å². The van der Waals surface area contributed by atoms with Crippen molar-refractivity contribution in [2.75, 3.05) is 39.8 Å². The molecule has 16 aromatic rings. The van der Waals surface area contributed by atoms with Gasteiger partial charge in [0.2, 0.25) is 0 Å². The number of benzene rings is 11. The topological polar surface area (TPSA) is 247 Å². The van der Waals surface area contributed by atoms with Crippen LogP contribution in [0.15, 0.2) is 353 Å². The van der Waals surface area contributed by atoms with E-state index in [0.717, 1.165) is 107 Å². The fourth-order valence-electron chi connectivity index (χ4n) is 15.9. The summed E-state index contributed by atoms with van der Waals surface area (Å²) in [6.45, 7) is 12.7. The molecule has 5 aromatic heterocycles. The number of aliphatic hydroxyl groups is 1. The lowest BCUT2D eigenvalue weighted by atomic mass is 9.94. The molecule has 0 bridgehead atoms. The van der Waals surface area contributed by atoms with Crippen molar-refractivity contribution >= 4 is 109 Å². The summed E-state index contributed by atoms with van der Waals surface area (Å²) in [4.78, 5) is 136. The van der Waals surface area contributed by atoms with Gasteiger partial charge < -0.3 is 10.0 Å². The van der Waals surface area contributed by atoms with Crippen molar-refractivity contribution in [3.8, 4) is 62.0 Å². The fraction of sp³-hybridized carbons (Fsp3) is 0.189. The molecule has 138 heavy (non-hydrogen) atoms. The Morgan fingerprint density at radius 2 is 0.732 bits per heavy atom. The molecular weight excluding hydrogens is 1980 g/mol. The molecule has 1 unspecified atom stereocenters. The molecule has 7 heterocycles. The van der Waals surface area contributed by atoms with E-state index in [4.69, 9.17) is 81.2 Å². The van der Waals surface area contributed by atoms with E-state index in [9.17, 15) is 53.1 Å². The highest BCUT2D eigenvalue weighted by molar-refractivity contribution is 9.10. The van der Waals surface area contributed by atoms with Crippen LogP contribution in [0.4, 0.5) is 0 Å². The van der Waals surface area contributed by atoms with Gasteiger partial charge in [0.1, 0.15) is 0 Å². The number of β-amino-alcohol motifs (C(OH)–C–C–N with tert-alkyl or cyclic N) is 1. The second-order valence-corrected chi connectivity index (χ2v) is 38.7. The van der Waals surface area contributed by atoms with E-state index < -0.39 is 28.6 Å². The van der Waals surface area contributed by atoms with Gasteiger partial charge in [0, 0.05) is 124 Å². The minimum Gasteiger partial charge on any atom is -0.390 e. The lowest BCUT2D eigenvalue weighted by molar-refractivity contribution is 0.0696. The van der Waals surface area contributed by atoms with Crippen LogP contribution in [0, 0.1) is 13.8 Å². The van der Waals surface area contributed by atoms with Crippen LogP contribution >= 0.6 is 109 Å². The Bertz CT molecular complexity index is 7820. The fourth-order valence-corrected chi connectivity index (χ4v) is 17.9. The number of likely N-dealkylation sites (N-methyl/N-ethyl adjacent to an activating group) is 1. The van der Waals surface area contributed by atoms with Crippen LogP contribution in [0.25, 0.3) is 62.0 Å². The van der Waals surface area contributed by atoms with E-state index in [2.05, 4.69) is 38.8 Å². The van der Waals surface area contributed by atoms with Crippen molar-refractivity contribution in [2.24, 2.45) is 21.1 Å². The van der Waals surface area contributed by atoms with Crippen LogP contribution in [-0.2, 0) is 59.4 Å².